The fourth-order valence-corrected chi connectivity index (χ4v) is 2.99. The van der Waals surface area contributed by atoms with E-state index in [1.54, 1.807) is 0 Å². The average molecular weight is 391 g/mol. The Bertz CT molecular complexity index is 958. The molecule has 2 aromatic rings. The van der Waals surface area contributed by atoms with Crippen molar-refractivity contribution in [2.24, 2.45) is 0 Å². The van der Waals surface area contributed by atoms with E-state index in [9.17, 15) is 23.6 Å². The summed E-state index contributed by atoms with van der Waals surface area (Å²) in [4.78, 5) is 23.2. The first kappa shape index (κ1) is 19.6. The van der Waals surface area contributed by atoms with Gasteiger partial charge < -0.3 is 14.6 Å². The molecule has 1 amide bonds. The lowest BCUT2D eigenvalue weighted by Crippen LogP contribution is -2.24. The second kappa shape index (κ2) is 7.10. The molecule has 2 aromatic carbocycles. The normalized spacial score (nSPS) is 14.2. The maximum absolute atomic E-state index is 14.3. The zero-order valence-electron chi connectivity index (χ0n) is 15.6. The summed E-state index contributed by atoms with van der Waals surface area (Å²) in [6, 6.07) is 6.15. The number of fused-ring (bicyclic) bond motifs is 1. The minimum absolute atomic E-state index is 0.0327. The van der Waals surface area contributed by atoms with Crippen molar-refractivity contribution < 1.29 is 33.0 Å². The van der Waals surface area contributed by atoms with Crippen molar-refractivity contribution >= 4 is 11.9 Å². The first-order valence-corrected chi connectivity index (χ1v) is 8.65. The number of nitrogens with zero attached hydrogens (tertiary/aromatic N) is 1. The van der Waals surface area contributed by atoms with Crippen LogP contribution in [0.5, 0.6) is 17.2 Å². The highest BCUT2D eigenvalue weighted by Gasteiger charge is 2.34. The maximum atomic E-state index is 14.3. The van der Waals surface area contributed by atoms with Gasteiger partial charge in [0.1, 0.15) is 28.7 Å². The number of carboxylic acids is 1. The van der Waals surface area contributed by atoms with E-state index in [1.807, 2.05) is 13.8 Å². The van der Waals surface area contributed by atoms with E-state index in [2.05, 4.69) is 0 Å². The topological polar surface area (TPSA) is 76.1 Å². The molecule has 1 aliphatic rings. The summed E-state index contributed by atoms with van der Waals surface area (Å²) < 4.78 is 39.2. The van der Waals surface area contributed by atoms with Crippen LogP contribution in [0.3, 0.4) is 0 Å². The van der Waals surface area contributed by atoms with Crippen LogP contribution in [0, 0.1) is 5.82 Å². The zero-order valence-corrected chi connectivity index (χ0v) is 15.6. The SMILES string of the molecule is CCN(F)C(=O)c1ccc(Oc2cc(C(=O)O)cc3c2CC(C)(C)O3)cc1F. The quantitative estimate of drug-likeness (QED) is 0.766. The summed E-state index contributed by atoms with van der Waals surface area (Å²) in [6.45, 7) is 4.93. The fraction of sp³-hybridized carbons (Fsp3) is 0.300. The molecule has 148 valence electrons. The molecule has 0 aliphatic carbocycles. The Hall–Kier alpha value is -3.16. The molecule has 0 aromatic heterocycles. The van der Waals surface area contributed by atoms with Crippen LogP contribution in [-0.2, 0) is 6.42 Å². The molecular formula is C20H19F2NO5. The van der Waals surface area contributed by atoms with Gasteiger partial charge in [-0.1, -0.05) is 4.48 Å². The number of carbonyl (C=O) groups is 2. The van der Waals surface area contributed by atoms with Gasteiger partial charge in [-0.15, -0.1) is 0 Å². The Morgan fingerprint density at radius 3 is 2.61 bits per heavy atom. The first-order chi connectivity index (χ1) is 13.1. The van der Waals surface area contributed by atoms with Gasteiger partial charge in [-0.25, -0.2) is 9.18 Å². The van der Waals surface area contributed by atoms with Crippen LogP contribution in [-0.4, -0.2) is 34.3 Å². The summed E-state index contributed by atoms with van der Waals surface area (Å²) in [5.74, 6) is -2.53. The van der Waals surface area contributed by atoms with Crippen LogP contribution < -0.4 is 9.47 Å². The summed E-state index contributed by atoms with van der Waals surface area (Å²) in [7, 11) is 0. The number of ether oxygens (including phenoxy) is 2. The first-order valence-electron chi connectivity index (χ1n) is 8.65. The van der Waals surface area contributed by atoms with E-state index in [0.717, 1.165) is 12.1 Å². The molecule has 1 aliphatic heterocycles. The van der Waals surface area contributed by atoms with Gasteiger partial charge >= 0.3 is 5.97 Å². The van der Waals surface area contributed by atoms with Crippen molar-refractivity contribution in [3.8, 4) is 17.2 Å². The second-order valence-electron chi connectivity index (χ2n) is 7.02. The van der Waals surface area contributed by atoms with E-state index < -0.39 is 28.9 Å². The lowest BCUT2D eigenvalue weighted by molar-refractivity contribution is 0.0222. The number of rotatable bonds is 5. The average Bonchev–Trinajstić information content (AvgIpc) is 2.94. The van der Waals surface area contributed by atoms with Crippen LogP contribution in [0.2, 0.25) is 0 Å². The molecule has 0 unspecified atom stereocenters. The molecular weight excluding hydrogens is 372 g/mol. The van der Waals surface area contributed by atoms with Gasteiger partial charge in [0.05, 0.1) is 17.7 Å². The van der Waals surface area contributed by atoms with E-state index in [0.29, 0.717) is 17.7 Å². The summed E-state index contributed by atoms with van der Waals surface area (Å²) in [5.41, 5.74) is -0.332. The van der Waals surface area contributed by atoms with Gasteiger partial charge in [-0.05, 0) is 45.0 Å². The van der Waals surface area contributed by atoms with Gasteiger partial charge in [-0.3, -0.25) is 4.79 Å². The molecule has 0 bridgehead atoms. The highest BCUT2D eigenvalue weighted by molar-refractivity contribution is 5.94. The lowest BCUT2D eigenvalue weighted by Gasteiger charge is -2.16. The van der Waals surface area contributed by atoms with Crippen molar-refractivity contribution in [3.05, 3.63) is 52.8 Å². The number of amides is 1. The van der Waals surface area contributed by atoms with Crippen LogP contribution in [0.15, 0.2) is 30.3 Å². The third-order valence-electron chi connectivity index (χ3n) is 4.30. The van der Waals surface area contributed by atoms with Gasteiger partial charge in [0.2, 0.25) is 0 Å². The number of carboxylic acid groups (broad SMARTS) is 1. The molecule has 3 rings (SSSR count). The van der Waals surface area contributed by atoms with Crippen molar-refractivity contribution in [2.75, 3.05) is 6.54 Å². The molecule has 0 saturated heterocycles. The molecule has 0 saturated carbocycles. The Kier molecular flexibility index (Phi) is 4.97. The largest absolute Gasteiger partial charge is 0.487 e. The van der Waals surface area contributed by atoms with Crippen LogP contribution >= 0.6 is 0 Å². The molecule has 8 heteroatoms. The molecule has 28 heavy (non-hydrogen) atoms. The number of hydrogen-bond donors (Lipinski definition) is 1. The van der Waals surface area contributed by atoms with E-state index in [4.69, 9.17) is 9.47 Å². The van der Waals surface area contributed by atoms with E-state index in [1.165, 1.54) is 25.1 Å². The monoisotopic (exact) mass is 391 g/mol. The van der Waals surface area contributed by atoms with Crippen molar-refractivity contribution in [1.29, 1.82) is 0 Å². The molecule has 0 atom stereocenters. The predicted molar refractivity (Wildman–Crippen MR) is 96.1 cm³/mol. The number of carbonyl (C=O) groups excluding carboxylic acids is 1. The van der Waals surface area contributed by atoms with Crippen molar-refractivity contribution in [3.63, 3.8) is 0 Å². The molecule has 0 fully saturated rings. The molecule has 6 nitrogen and oxygen atoms in total. The van der Waals surface area contributed by atoms with Crippen molar-refractivity contribution in [2.45, 2.75) is 32.8 Å². The Balaban J connectivity index is 1.95. The zero-order chi connectivity index (χ0) is 20.6. The third-order valence-corrected chi connectivity index (χ3v) is 4.30. The molecule has 0 radical (unpaired) electrons. The standard InChI is InChI=1S/C20H19F2NO5/c1-4-23(22)18(24)13-6-5-12(9-15(13)21)27-16-7-11(19(25)26)8-17-14(16)10-20(2,3)28-17/h5-9H,4,10H2,1-3H3,(H,25,26). The third kappa shape index (κ3) is 3.76. The summed E-state index contributed by atoms with van der Waals surface area (Å²) in [6.07, 6.45) is 0.476. The Morgan fingerprint density at radius 2 is 2.00 bits per heavy atom. The van der Waals surface area contributed by atoms with Crippen LogP contribution in [0.1, 0.15) is 47.1 Å². The van der Waals surface area contributed by atoms with Gasteiger partial charge in [0.25, 0.3) is 5.91 Å². The Morgan fingerprint density at radius 1 is 1.29 bits per heavy atom. The number of halogens is 2. The summed E-state index contributed by atoms with van der Waals surface area (Å²) in [5, 5.41) is 9.21. The second-order valence-corrected chi connectivity index (χ2v) is 7.02. The van der Waals surface area contributed by atoms with Crippen molar-refractivity contribution in [1.82, 2.24) is 5.12 Å². The van der Waals surface area contributed by atoms with Crippen LogP contribution in [0.4, 0.5) is 8.87 Å². The minimum Gasteiger partial charge on any atom is -0.487 e. The highest BCUT2D eigenvalue weighted by Crippen LogP contribution is 2.43. The molecule has 1 heterocycles. The van der Waals surface area contributed by atoms with Gasteiger partial charge in [0.15, 0.2) is 0 Å². The minimum atomic E-state index is -1.16. The van der Waals surface area contributed by atoms with Gasteiger partial charge in [0, 0.05) is 18.1 Å². The number of benzene rings is 2. The summed E-state index contributed by atoms with van der Waals surface area (Å²) >= 11 is 0. The van der Waals surface area contributed by atoms with Crippen LogP contribution in [0.25, 0.3) is 0 Å². The smallest absolute Gasteiger partial charge is 0.335 e. The van der Waals surface area contributed by atoms with Gasteiger partial charge in [-0.2, -0.15) is 5.12 Å². The maximum Gasteiger partial charge on any atom is 0.335 e. The molecule has 0 spiro atoms. The van der Waals surface area contributed by atoms with E-state index >= 15 is 0 Å². The fourth-order valence-electron chi connectivity index (χ4n) is 2.99. The Labute approximate surface area is 160 Å². The number of hydrogen-bond acceptors (Lipinski definition) is 4. The predicted octanol–water partition coefficient (Wildman–Crippen LogP) is 4.38. The van der Waals surface area contributed by atoms with E-state index in [-0.39, 0.29) is 28.7 Å². The lowest BCUT2D eigenvalue weighted by atomic mass is 10.00. The number of aromatic carboxylic acids is 1. The molecule has 1 N–H and O–H groups in total. The highest BCUT2D eigenvalue weighted by atomic mass is 19.2.